The Morgan fingerprint density at radius 1 is 1.30 bits per heavy atom. The van der Waals surface area contributed by atoms with E-state index >= 15 is 0 Å². The quantitative estimate of drug-likeness (QED) is 0.791. The van der Waals surface area contributed by atoms with E-state index in [2.05, 4.69) is 10.6 Å². The monoisotopic (exact) mass is 318 g/mol. The van der Waals surface area contributed by atoms with Gasteiger partial charge in [0.25, 0.3) is 0 Å². The molecule has 0 saturated heterocycles. The van der Waals surface area contributed by atoms with E-state index in [0.717, 1.165) is 12.0 Å². The molecule has 1 aromatic carbocycles. The van der Waals surface area contributed by atoms with E-state index in [-0.39, 0.29) is 6.03 Å². The van der Waals surface area contributed by atoms with Gasteiger partial charge in [-0.25, -0.2) is 9.59 Å². The third-order valence-electron chi connectivity index (χ3n) is 3.43. The number of hydrogen-bond donors (Lipinski definition) is 2. The highest BCUT2D eigenvalue weighted by atomic mass is 16.5. The summed E-state index contributed by atoms with van der Waals surface area (Å²) in [7, 11) is 0. The molecule has 2 rings (SSSR count). The van der Waals surface area contributed by atoms with Crippen LogP contribution in [0.2, 0.25) is 0 Å². The summed E-state index contributed by atoms with van der Waals surface area (Å²) in [6.07, 6.45) is 0.738. The first-order chi connectivity index (χ1) is 11.1. The molecule has 0 aliphatic carbocycles. The SMILES string of the molecule is CCCOC(=O)C1=C(C)NC(=O)N[C@H]1c1cccc(OCC)c1. The number of allylic oxidation sites excluding steroid dienone is 1. The maximum absolute atomic E-state index is 12.4. The molecule has 0 unspecified atom stereocenters. The van der Waals surface area contributed by atoms with E-state index in [1.165, 1.54) is 0 Å². The van der Waals surface area contributed by atoms with Gasteiger partial charge in [0.15, 0.2) is 0 Å². The topological polar surface area (TPSA) is 76.7 Å². The molecule has 1 heterocycles. The van der Waals surface area contributed by atoms with Crippen molar-refractivity contribution in [1.29, 1.82) is 0 Å². The summed E-state index contributed by atoms with van der Waals surface area (Å²) in [5.74, 6) is 0.264. The van der Waals surface area contributed by atoms with Gasteiger partial charge in [0.05, 0.1) is 24.8 Å². The molecule has 0 fully saturated rings. The number of benzene rings is 1. The molecule has 1 aromatic rings. The number of carbonyl (C=O) groups is 2. The van der Waals surface area contributed by atoms with Crippen LogP contribution in [0.1, 0.15) is 38.8 Å². The number of urea groups is 1. The zero-order valence-corrected chi connectivity index (χ0v) is 13.6. The van der Waals surface area contributed by atoms with Gasteiger partial charge in [0.1, 0.15) is 5.75 Å². The summed E-state index contributed by atoms with van der Waals surface area (Å²) >= 11 is 0. The van der Waals surface area contributed by atoms with Gasteiger partial charge in [-0.15, -0.1) is 0 Å². The lowest BCUT2D eigenvalue weighted by Gasteiger charge is -2.28. The lowest BCUT2D eigenvalue weighted by Crippen LogP contribution is -2.45. The minimum atomic E-state index is -0.562. The number of nitrogens with one attached hydrogen (secondary N) is 2. The van der Waals surface area contributed by atoms with E-state index < -0.39 is 12.0 Å². The average molecular weight is 318 g/mol. The number of hydrogen-bond acceptors (Lipinski definition) is 4. The van der Waals surface area contributed by atoms with E-state index in [1.54, 1.807) is 6.92 Å². The summed E-state index contributed by atoms with van der Waals surface area (Å²) < 4.78 is 10.7. The van der Waals surface area contributed by atoms with Crippen molar-refractivity contribution in [1.82, 2.24) is 10.6 Å². The van der Waals surface area contributed by atoms with Gasteiger partial charge in [-0.2, -0.15) is 0 Å². The van der Waals surface area contributed by atoms with Crippen molar-refractivity contribution in [2.45, 2.75) is 33.2 Å². The van der Waals surface area contributed by atoms with Crippen LogP contribution < -0.4 is 15.4 Å². The molecular formula is C17H22N2O4. The lowest BCUT2D eigenvalue weighted by atomic mass is 9.95. The van der Waals surface area contributed by atoms with Gasteiger partial charge in [0.2, 0.25) is 0 Å². The van der Waals surface area contributed by atoms with Crippen LogP contribution >= 0.6 is 0 Å². The van der Waals surface area contributed by atoms with Crippen molar-refractivity contribution in [2.24, 2.45) is 0 Å². The van der Waals surface area contributed by atoms with Crippen molar-refractivity contribution in [2.75, 3.05) is 13.2 Å². The van der Waals surface area contributed by atoms with Crippen LogP contribution in [0.3, 0.4) is 0 Å². The first-order valence-electron chi connectivity index (χ1n) is 7.75. The summed E-state index contributed by atoms with van der Waals surface area (Å²) in [5, 5.41) is 5.40. The summed E-state index contributed by atoms with van der Waals surface area (Å²) in [4.78, 5) is 24.2. The van der Waals surface area contributed by atoms with E-state index in [0.29, 0.717) is 30.2 Å². The van der Waals surface area contributed by atoms with Crippen molar-refractivity contribution < 1.29 is 19.1 Å². The van der Waals surface area contributed by atoms with E-state index in [9.17, 15) is 9.59 Å². The van der Waals surface area contributed by atoms with Crippen molar-refractivity contribution in [3.05, 3.63) is 41.1 Å². The van der Waals surface area contributed by atoms with Gasteiger partial charge in [0, 0.05) is 5.70 Å². The average Bonchev–Trinajstić information content (AvgIpc) is 2.52. The fourth-order valence-electron chi connectivity index (χ4n) is 2.44. The molecule has 0 aromatic heterocycles. The molecule has 6 heteroatoms. The summed E-state index contributed by atoms with van der Waals surface area (Å²) in [5.41, 5.74) is 1.68. The second-order valence-corrected chi connectivity index (χ2v) is 5.21. The second-order valence-electron chi connectivity index (χ2n) is 5.21. The molecule has 0 radical (unpaired) electrons. The second kappa shape index (κ2) is 7.67. The predicted molar refractivity (Wildman–Crippen MR) is 86.0 cm³/mol. The first-order valence-corrected chi connectivity index (χ1v) is 7.75. The smallest absolute Gasteiger partial charge is 0.338 e. The number of rotatable bonds is 6. The van der Waals surface area contributed by atoms with Crippen LogP contribution in [-0.4, -0.2) is 25.2 Å². The van der Waals surface area contributed by atoms with Gasteiger partial charge in [-0.1, -0.05) is 19.1 Å². The molecule has 23 heavy (non-hydrogen) atoms. The Morgan fingerprint density at radius 3 is 2.78 bits per heavy atom. The number of ether oxygens (including phenoxy) is 2. The number of carbonyl (C=O) groups excluding carboxylic acids is 2. The molecule has 0 bridgehead atoms. The Hall–Kier alpha value is -2.50. The van der Waals surface area contributed by atoms with E-state index in [4.69, 9.17) is 9.47 Å². The van der Waals surface area contributed by atoms with Gasteiger partial charge in [-0.05, 0) is 38.0 Å². The molecule has 0 saturated carbocycles. The zero-order valence-electron chi connectivity index (χ0n) is 13.6. The maximum atomic E-state index is 12.4. The van der Waals surface area contributed by atoms with Crippen LogP contribution in [-0.2, 0) is 9.53 Å². The molecule has 124 valence electrons. The molecule has 1 aliphatic rings. The van der Waals surface area contributed by atoms with Crippen LogP contribution in [0.25, 0.3) is 0 Å². The lowest BCUT2D eigenvalue weighted by molar-refractivity contribution is -0.139. The number of esters is 1. The van der Waals surface area contributed by atoms with Crippen LogP contribution in [0.15, 0.2) is 35.5 Å². The Morgan fingerprint density at radius 2 is 2.09 bits per heavy atom. The van der Waals surface area contributed by atoms with Crippen molar-refractivity contribution >= 4 is 12.0 Å². The normalized spacial score (nSPS) is 17.3. The van der Waals surface area contributed by atoms with Crippen molar-refractivity contribution in [3.8, 4) is 5.75 Å². The van der Waals surface area contributed by atoms with Gasteiger partial charge < -0.3 is 20.1 Å². The highest BCUT2D eigenvalue weighted by Gasteiger charge is 2.32. The largest absolute Gasteiger partial charge is 0.494 e. The van der Waals surface area contributed by atoms with Crippen LogP contribution in [0.4, 0.5) is 4.79 Å². The molecule has 1 atom stereocenters. The molecule has 2 amide bonds. The fourth-order valence-corrected chi connectivity index (χ4v) is 2.44. The number of amides is 2. The van der Waals surface area contributed by atoms with Crippen LogP contribution in [0.5, 0.6) is 5.75 Å². The molecule has 1 aliphatic heterocycles. The minimum absolute atomic E-state index is 0.343. The maximum Gasteiger partial charge on any atom is 0.338 e. The summed E-state index contributed by atoms with van der Waals surface area (Å²) in [6.45, 7) is 6.41. The highest BCUT2D eigenvalue weighted by Crippen LogP contribution is 2.29. The zero-order chi connectivity index (χ0) is 16.8. The summed E-state index contributed by atoms with van der Waals surface area (Å²) in [6, 6.07) is 6.43. The van der Waals surface area contributed by atoms with Crippen molar-refractivity contribution in [3.63, 3.8) is 0 Å². The Kier molecular flexibility index (Phi) is 5.62. The first kappa shape index (κ1) is 16.9. The van der Waals surface area contributed by atoms with Gasteiger partial charge >= 0.3 is 12.0 Å². The standard InChI is InChI=1S/C17H22N2O4/c1-4-9-23-16(20)14-11(3)18-17(21)19-15(14)12-7-6-8-13(10-12)22-5-2/h6-8,10,15H,4-5,9H2,1-3H3,(H2,18,19,21)/t15-/m0/s1. The Labute approximate surface area is 135 Å². The van der Waals surface area contributed by atoms with Crippen LogP contribution in [0, 0.1) is 0 Å². The minimum Gasteiger partial charge on any atom is -0.494 e. The Balaban J connectivity index is 2.36. The third-order valence-corrected chi connectivity index (χ3v) is 3.43. The molecule has 6 nitrogen and oxygen atoms in total. The third kappa shape index (κ3) is 4.03. The molecule has 0 spiro atoms. The fraction of sp³-hybridized carbons (Fsp3) is 0.412. The highest BCUT2D eigenvalue weighted by molar-refractivity contribution is 5.95. The predicted octanol–water partition coefficient (Wildman–Crippen LogP) is 2.67. The van der Waals surface area contributed by atoms with E-state index in [1.807, 2.05) is 38.1 Å². The van der Waals surface area contributed by atoms with Gasteiger partial charge in [-0.3, -0.25) is 0 Å². The molecular weight excluding hydrogens is 296 g/mol. The Bertz CT molecular complexity index is 625. The molecule has 2 N–H and O–H groups in total.